The highest BCUT2D eigenvalue weighted by Gasteiger charge is 2.24. The van der Waals surface area contributed by atoms with Crippen LogP contribution in [0.1, 0.15) is 12.7 Å². The molecule has 0 aliphatic heterocycles. The molecule has 1 aromatic heterocycles. The number of hydrogen-bond acceptors (Lipinski definition) is 6. The second kappa shape index (κ2) is 5.11. The molecule has 0 amide bonds. The van der Waals surface area contributed by atoms with Gasteiger partial charge < -0.3 is 5.73 Å². The third-order valence-electron chi connectivity index (χ3n) is 2.51. The Morgan fingerprint density at radius 3 is 2.60 bits per heavy atom. The van der Waals surface area contributed by atoms with E-state index in [0.29, 0.717) is 6.42 Å². The molecule has 0 fully saturated rings. The van der Waals surface area contributed by atoms with Crippen LogP contribution in [-0.4, -0.2) is 19.9 Å². The number of hydrogen-bond donors (Lipinski definition) is 1. The number of anilines is 1. The molecular formula is C11H9F2N5O2. The van der Waals surface area contributed by atoms with E-state index < -0.39 is 27.8 Å². The molecule has 0 aliphatic carbocycles. The summed E-state index contributed by atoms with van der Waals surface area (Å²) in [6.07, 6.45) is 0.373. The Balaban J connectivity index is 2.72. The Bertz CT molecular complexity index is 693. The normalized spacial score (nSPS) is 10.6. The molecule has 7 nitrogen and oxygen atoms in total. The van der Waals surface area contributed by atoms with E-state index in [1.165, 1.54) is 0 Å². The fourth-order valence-electron chi connectivity index (χ4n) is 1.60. The Morgan fingerprint density at radius 2 is 2.00 bits per heavy atom. The molecule has 0 atom stereocenters. The first-order valence-electron chi connectivity index (χ1n) is 5.57. The van der Waals surface area contributed by atoms with Crippen LogP contribution in [0.5, 0.6) is 0 Å². The summed E-state index contributed by atoms with van der Waals surface area (Å²) < 4.78 is 27.8. The third kappa shape index (κ3) is 2.37. The zero-order valence-corrected chi connectivity index (χ0v) is 10.3. The van der Waals surface area contributed by atoms with Gasteiger partial charge in [0.15, 0.2) is 5.82 Å². The van der Waals surface area contributed by atoms with Gasteiger partial charge in [-0.1, -0.05) is 6.92 Å². The standard InChI is InChI=1S/C11H9F2N5O2/c1-2-7-15-10(17-11(14)16-7)8-5(12)3-4-6(9(8)13)18(19)20/h3-4H,2H2,1H3,(H2,14,15,16,17). The van der Waals surface area contributed by atoms with Crippen molar-refractivity contribution >= 4 is 11.6 Å². The van der Waals surface area contributed by atoms with Crippen molar-refractivity contribution in [3.8, 4) is 11.4 Å². The van der Waals surface area contributed by atoms with Gasteiger partial charge in [0.25, 0.3) is 0 Å². The van der Waals surface area contributed by atoms with Crippen LogP contribution < -0.4 is 5.73 Å². The topological polar surface area (TPSA) is 108 Å². The van der Waals surface area contributed by atoms with Crippen LogP contribution in [0.25, 0.3) is 11.4 Å². The van der Waals surface area contributed by atoms with Crippen molar-refractivity contribution in [2.45, 2.75) is 13.3 Å². The van der Waals surface area contributed by atoms with Crippen molar-refractivity contribution < 1.29 is 13.7 Å². The van der Waals surface area contributed by atoms with Crippen LogP contribution in [0.2, 0.25) is 0 Å². The molecule has 0 aliphatic rings. The number of aryl methyl sites for hydroxylation is 1. The molecule has 0 saturated heterocycles. The van der Waals surface area contributed by atoms with E-state index in [0.717, 1.165) is 12.1 Å². The molecule has 20 heavy (non-hydrogen) atoms. The van der Waals surface area contributed by atoms with Gasteiger partial charge in [-0.25, -0.2) is 9.37 Å². The summed E-state index contributed by atoms with van der Waals surface area (Å²) in [6, 6.07) is 1.52. The Hall–Kier alpha value is -2.71. The molecule has 0 spiro atoms. The summed E-state index contributed by atoms with van der Waals surface area (Å²) in [5.41, 5.74) is 3.88. The van der Waals surface area contributed by atoms with Crippen LogP contribution in [0.3, 0.4) is 0 Å². The molecular weight excluding hydrogens is 272 g/mol. The van der Waals surface area contributed by atoms with Gasteiger partial charge in [-0.2, -0.15) is 14.4 Å². The molecule has 0 bridgehead atoms. The summed E-state index contributed by atoms with van der Waals surface area (Å²) in [6.45, 7) is 1.72. The largest absolute Gasteiger partial charge is 0.368 e. The SMILES string of the molecule is CCc1nc(N)nc(-c2c(F)ccc([N+](=O)[O-])c2F)n1. The second-order valence-corrected chi connectivity index (χ2v) is 3.80. The highest BCUT2D eigenvalue weighted by Crippen LogP contribution is 2.29. The average molecular weight is 281 g/mol. The molecule has 2 aromatic rings. The fraction of sp³-hybridized carbons (Fsp3) is 0.182. The zero-order valence-electron chi connectivity index (χ0n) is 10.3. The van der Waals surface area contributed by atoms with Crippen LogP contribution in [0.15, 0.2) is 12.1 Å². The van der Waals surface area contributed by atoms with E-state index in [2.05, 4.69) is 15.0 Å². The molecule has 1 heterocycles. The number of halogens is 2. The summed E-state index contributed by atoms with van der Waals surface area (Å²) in [5, 5.41) is 10.7. The summed E-state index contributed by atoms with van der Waals surface area (Å²) >= 11 is 0. The molecule has 2 rings (SSSR count). The van der Waals surface area contributed by atoms with Crippen molar-refractivity contribution in [2.24, 2.45) is 0 Å². The van der Waals surface area contributed by atoms with Gasteiger partial charge >= 0.3 is 5.69 Å². The van der Waals surface area contributed by atoms with E-state index in [1.807, 2.05) is 0 Å². The number of aromatic nitrogens is 3. The lowest BCUT2D eigenvalue weighted by atomic mass is 10.1. The molecule has 0 saturated carbocycles. The number of nitrogens with two attached hydrogens (primary N) is 1. The summed E-state index contributed by atoms with van der Waals surface area (Å²) in [7, 11) is 0. The van der Waals surface area contributed by atoms with Crippen LogP contribution in [0.4, 0.5) is 20.4 Å². The van der Waals surface area contributed by atoms with Crippen molar-refractivity contribution in [1.29, 1.82) is 0 Å². The predicted octanol–water partition coefficient (Wildman–Crippen LogP) is 1.87. The monoisotopic (exact) mass is 281 g/mol. The van der Waals surface area contributed by atoms with Gasteiger partial charge in [-0.3, -0.25) is 10.1 Å². The van der Waals surface area contributed by atoms with Gasteiger partial charge in [0.1, 0.15) is 11.6 Å². The molecule has 9 heteroatoms. The molecule has 0 radical (unpaired) electrons. The van der Waals surface area contributed by atoms with Gasteiger partial charge in [-0.05, 0) is 6.07 Å². The van der Waals surface area contributed by atoms with Crippen molar-refractivity contribution in [3.05, 3.63) is 39.7 Å². The molecule has 1 aromatic carbocycles. The summed E-state index contributed by atoms with van der Waals surface area (Å²) in [5.74, 6) is -2.70. The Labute approximate surface area is 111 Å². The van der Waals surface area contributed by atoms with Gasteiger partial charge in [0, 0.05) is 12.5 Å². The number of nitro groups is 1. The quantitative estimate of drug-likeness (QED) is 0.679. The van der Waals surface area contributed by atoms with Crippen LogP contribution in [-0.2, 0) is 6.42 Å². The minimum absolute atomic E-state index is 0.211. The number of benzene rings is 1. The van der Waals surface area contributed by atoms with Crippen LogP contribution >= 0.6 is 0 Å². The maximum absolute atomic E-state index is 14.0. The average Bonchev–Trinajstić information content (AvgIpc) is 2.37. The lowest BCUT2D eigenvalue weighted by Gasteiger charge is -2.06. The Kier molecular flexibility index (Phi) is 3.51. The fourth-order valence-corrected chi connectivity index (χ4v) is 1.60. The number of nitrogens with zero attached hydrogens (tertiary/aromatic N) is 4. The third-order valence-corrected chi connectivity index (χ3v) is 2.51. The molecule has 2 N–H and O–H groups in total. The number of nitro benzene ring substituents is 1. The molecule has 0 unspecified atom stereocenters. The first-order valence-corrected chi connectivity index (χ1v) is 5.57. The second-order valence-electron chi connectivity index (χ2n) is 3.80. The lowest BCUT2D eigenvalue weighted by Crippen LogP contribution is -2.07. The smallest absolute Gasteiger partial charge is 0.305 e. The minimum atomic E-state index is -1.34. The molecule has 104 valence electrons. The van der Waals surface area contributed by atoms with Crippen LogP contribution in [0, 0.1) is 21.7 Å². The summed E-state index contributed by atoms with van der Waals surface area (Å²) in [4.78, 5) is 21.0. The maximum Gasteiger partial charge on any atom is 0.305 e. The van der Waals surface area contributed by atoms with Crippen molar-refractivity contribution in [1.82, 2.24) is 15.0 Å². The maximum atomic E-state index is 14.0. The van der Waals surface area contributed by atoms with Gasteiger partial charge in [0.05, 0.1) is 10.5 Å². The van der Waals surface area contributed by atoms with E-state index in [9.17, 15) is 18.9 Å². The highest BCUT2D eigenvalue weighted by molar-refractivity contribution is 5.62. The first kappa shape index (κ1) is 13.7. The van der Waals surface area contributed by atoms with E-state index in [1.54, 1.807) is 6.92 Å². The Morgan fingerprint density at radius 1 is 1.30 bits per heavy atom. The lowest BCUT2D eigenvalue weighted by molar-refractivity contribution is -0.387. The minimum Gasteiger partial charge on any atom is -0.368 e. The van der Waals surface area contributed by atoms with E-state index in [-0.39, 0.29) is 17.6 Å². The van der Waals surface area contributed by atoms with E-state index >= 15 is 0 Å². The number of nitrogen functional groups attached to an aromatic ring is 1. The highest BCUT2D eigenvalue weighted by atomic mass is 19.1. The number of rotatable bonds is 3. The van der Waals surface area contributed by atoms with Gasteiger partial charge in [-0.15, -0.1) is 0 Å². The predicted molar refractivity (Wildman–Crippen MR) is 65.6 cm³/mol. The van der Waals surface area contributed by atoms with Gasteiger partial charge in [0.2, 0.25) is 11.8 Å². The van der Waals surface area contributed by atoms with E-state index in [4.69, 9.17) is 5.73 Å². The zero-order chi connectivity index (χ0) is 14.9. The van der Waals surface area contributed by atoms with Crippen molar-refractivity contribution in [3.63, 3.8) is 0 Å². The first-order chi connectivity index (χ1) is 9.43. The van der Waals surface area contributed by atoms with Crippen molar-refractivity contribution in [2.75, 3.05) is 5.73 Å².